The number of hydrogen-bond donors (Lipinski definition) is 2. The first kappa shape index (κ1) is 13.2. The van der Waals surface area contributed by atoms with Crippen molar-refractivity contribution in [2.45, 2.75) is 25.4 Å². The van der Waals surface area contributed by atoms with Gasteiger partial charge in [0.15, 0.2) is 0 Å². The van der Waals surface area contributed by atoms with Crippen molar-refractivity contribution in [1.29, 1.82) is 0 Å². The molecule has 2 aliphatic rings. The predicted molar refractivity (Wildman–Crippen MR) is 73.5 cm³/mol. The fraction of sp³-hybridized carbons (Fsp3) is 0.533. The number of rotatable bonds is 3. The highest BCUT2D eigenvalue weighted by molar-refractivity contribution is 5.73. The van der Waals surface area contributed by atoms with Crippen molar-refractivity contribution in [3.8, 4) is 11.5 Å². The molecule has 0 spiro atoms. The predicted octanol–water partition coefficient (Wildman–Crippen LogP) is 1.41. The zero-order chi connectivity index (χ0) is 14.3. The van der Waals surface area contributed by atoms with Gasteiger partial charge in [0.2, 0.25) is 0 Å². The summed E-state index contributed by atoms with van der Waals surface area (Å²) < 4.78 is 11.2. The van der Waals surface area contributed by atoms with Gasteiger partial charge in [-0.15, -0.1) is 0 Å². The van der Waals surface area contributed by atoms with Crippen LogP contribution in [0.3, 0.4) is 0 Å². The Balaban J connectivity index is 2.01. The van der Waals surface area contributed by atoms with Crippen LogP contribution < -0.4 is 14.8 Å². The van der Waals surface area contributed by atoms with Crippen LogP contribution in [0.15, 0.2) is 12.1 Å². The number of nitrogens with one attached hydrogen (secondary N) is 1. The van der Waals surface area contributed by atoms with Gasteiger partial charge in [-0.1, -0.05) is 0 Å². The standard InChI is InChI=1S/C15H19NO4/c1-8-3-9-4-14(19-2)10(5-13(9)20-8)11-6-16-7-12(11)15(17)18/h4-5,8,11-12,16H,3,6-7H2,1-2H3,(H,17,18). The molecule has 2 aliphatic heterocycles. The molecule has 1 aromatic rings. The maximum Gasteiger partial charge on any atom is 0.308 e. The molecular formula is C15H19NO4. The van der Waals surface area contributed by atoms with Crippen molar-refractivity contribution < 1.29 is 19.4 Å². The average Bonchev–Trinajstić information content (AvgIpc) is 3.01. The first-order chi connectivity index (χ1) is 9.60. The summed E-state index contributed by atoms with van der Waals surface area (Å²) in [6.07, 6.45) is 1.04. The number of fused-ring (bicyclic) bond motifs is 1. The van der Waals surface area contributed by atoms with E-state index in [1.54, 1.807) is 7.11 Å². The minimum Gasteiger partial charge on any atom is -0.496 e. The average molecular weight is 277 g/mol. The first-order valence-corrected chi connectivity index (χ1v) is 6.91. The van der Waals surface area contributed by atoms with Crippen LogP contribution in [0.25, 0.3) is 0 Å². The quantitative estimate of drug-likeness (QED) is 0.874. The Kier molecular flexibility index (Phi) is 3.30. The van der Waals surface area contributed by atoms with E-state index in [1.165, 1.54) is 0 Å². The highest BCUT2D eigenvalue weighted by Crippen LogP contribution is 2.41. The minimum absolute atomic E-state index is 0.0766. The number of methoxy groups -OCH3 is 1. The molecule has 5 nitrogen and oxygen atoms in total. The summed E-state index contributed by atoms with van der Waals surface area (Å²) in [6, 6.07) is 3.96. The summed E-state index contributed by atoms with van der Waals surface area (Å²) in [5, 5.41) is 12.5. The van der Waals surface area contributed by atoms with Crippen LogP contribution in [-0.2, 0) is 11.2 Å². The van der Waals surface area contributed by atoms with E-state index >= 15 is 0 Å². The van der Waals surface area contributed by atoms with Gasteiger partial charge in [0.1, 0.15) is 17.6 Å². The maximum atomic E-state index is 11.4. The molecule has 0 aliphatic carbocycles. The summed E-state index contributed by atoms with van der Waals surface area (Å²) in [7, 11) is 1.63. The second kappa shape index (κ2) is 4.98. The van der Waals surface area contributed by atoms with Gasteiger partial charge in [0.25, 0.3) is 0 Å². The summed E-state index contributed by atoms with van der Waals surface area (Å²) >= 11 is 0. The van der Waals surface area contributed by atoms with Crippen molar-refractivity contribution in [2.75, 3.05) is 20.2 Å². The lowest BCUT2D eigenvalue weighted by Gasteiger charge is -2.19. The molecule has 2 heterocycles. The van der Waals surface area contributed by atoms with E-state index in [-0.39, 0.29) is 12.0 Å². The van der Waals surface area contributed by atoms with E-state index in [0.717, 1.165) is 29.0 Å². The maximum absolute atomic E-state index is 11.4. The Hall–Kier alpha value is -1.75. The first-order valence-electron chi connectivity index (χ1n) is 6.91. The Morgan fingerprint density at radius 2 is 2.25 bits per heavy atom. The molecule has 1 aromatic carbocycles. The van der Waals surface area contributed by atoms with Crippen molar-refractivity contribution in [3.05, 3.63) is 23.3 Å². The van der Waals surface area contributed by atoms with E-state index in [0.29, 0.717) is 13.1 Å². The molecule has 0 saturated carbocycles. The van der Waals surface area contributed by atoms with Gasteiger partial charge in [0, 0.05) is 36.6 Å². The molecule has 0 bridgehead atoms. The topological polar surface area (TPSA) is 67.8 Å². The van der Waals surface area contributed by atoms with Crippen molar-refractivity contribution >= 4 is 5.97 Å². The molecule has 3 unspecified atom stereocenters. The Morgan fingerprint density at radius 1 is 1.45 bits per heavy atom. The fourth-order valence-electron chi connectivity index (χ4n) is 3.19. The SMILES string of the molecule is COc1cc2c(cc1C1CNCC1C(=O)O)OC(C)C2. The zero-order valence-corrected chi connectivity index (χ0v) is 11.7. The lowest BCUT2D eigenvalue weighted by atomic mass is 9.87. The van der Waals surface area contributed by atoms with Gasteiger partial charge in [0.05, 0.1) is 13.0 Å². The van der Waals surface area contributed by atoms with Crippen molar-refractivity contribution in [3.63, 3.8) is 0 Å². The molecule has 1 fully saturated rings. The van der Waals surface area contributed by atoms with Gasteiger partial charge in [-0.3, -0.25) is 4.79 Å². The van der Waals surface area contributed by atoms with Gasteiger partial charge >= 0.3 is 5.97 Å². The summed E-state index contributed by atoms with van der Waals surface area (Å²) in [6.45, 7) is 3.18. The van der Waals surface area contributed by atoms with E-state index < -0.39 is 11.9 Å². The molecular weight excluding hydrogens is 258 g/mol. The Morgan fingerprint density at radius 3 is 2.95 bits per heavy atom. The fourth-order valence-corrected chi connectivity index (χ4v) is 3.19. The lowest BCUT2D eigenvalue weighted by Crippen LogP contribution is -2.21. The second-order valence-corrected chi connectivity index (χ2v) is 5.54. The van der Waals surface area contributed by atoms with Crippen LogP contribution in [0, 0.1) is 5.92 Å². The lowest BCUT2D eigenvalue weighted by molar-refractivity contribution is -0.141. The minimum atomic E-state index is -0.767. The smallest absolute Gasteiger partial charge is 0.308 e. The zero-order valence-electron chi connectivity index (χ0n) is 11.7. The highest BCUT2D eigenvalue weighted by Gasteiger charge is 2.36. The largest absolute Gasteiger partial charge is 0.496 e. The van der Waals surface area contributed by atoms with E-state index in [2.05, 4.69) is 5.32 Å². The molecule has 20 heavy (non-hydrogen) atoms. The highest BCUT2D eigenvalue weighted by atomic mass is 16.5. The third-order valence-electron chi connectivity index (χ3n) is 4.18. The number of benzene rings is 1. The van der Waals surface area contributed by atoms with Gasteiger partial charge < -0.3 is 19.9 Å². The second-order valence-electron chi connectivity index (χ2n) is 5.54. The number of carboxylic acid groups (broad SMARTS) is 1. The third-order valence-corrected chi connectivity index (χ3v) is 4.18. The number of ether oxygens (including phenoxy) is 2. The molecule has 3 atom stereocenters. The van der Waals surface area contributed by atoms with E-state index in [4.69, 9.17) is 9.47 Å². The van der Waals surface area contributed by atoms with E-state index in [9.17, 15) is 9.90 Å². The molecule has 5 heteroatoms. The van der Waals surface area contributed by atoms with Gasteiger partial charge in [-0.25, -0.2) is 0 Å². The Bertz CT molecular complexity index is 543. The normalized spacial score (nSPS) is 28.0. The molecule has 108 valence electrons. The van der Waals surface area contributed by atoms with Crippen LogP contribution in [0.5, 0.6) is 11.5 Å². The van der Waals surface area contributed by atoms with Crippen LogP contribution in [0.2, 0.25) is 0 Å². The van der Waals surface area contributed by atoms with Crippen molar-refractivity contribution in [2.24, 2.45) is 5.92 Å². The van der Waals surface area contributed by atoms with Gasteiger partial charge in [-0.05, 0) is 19.1 Å². The van der Waals surface area contributed by atoms with Crippen LogP contribution in [0.1, 0.15) is 24.0 Å². The summed E-state index contributed by atoms with van der Waals surface area (Å²) in [5.41, 5.74) is 2.06. The van der Waals surface area contributed by atoms with Crippen LogP contribution >= 0.6 is 0 Å². The molecule has 2 N–H and O–H groups in total. The third kappa shape index (κ3) is 2.12. The van der Waals surface area contributed by atoms with E-state index in [1.807, 2.05) is 19.1 Å². The molecule has 1 saturated heterocycles. The molecule has 0 amide bonds. The van der Waals surface area contributed by atoms with Gasteiger partial charge in [-0.2, -0.15) is 0 Å². The van der Waals surface area contributed by atoms with Crippen LogP contribution in [0.4, 0.5) is 0 Å². The monoisotopic (exact) mass is 277 g/mol. The number of hydrogen-bond acceptors (Lipinski definition) is 4. The Labute approximate surface area is 117 Å². The number of carboxylic acids is 1. The van der Waals surface area contributed by atoms with Crippen molar-refractivity contribution in [1.82, 2.24) is 5.32 Å². The molecule has 0 radical (unpaired) electrons. The summed E-state index contributed by atoms with van der Waals surface area (Å²) in [5.74, 6) is 0.371. The number of aliphatic carboxylic acids is 1. The summed E-state index contributed by atoms with van der Waals surface area (Å²) in [4.78, 5) is 11.4. The van der Waals surface area contributed by atoms with Crippen LogP contribution in [-0.4, -0.2) is 37.4 Å². The molecule has 3 rings (SSSR count). The number of carbonyl (C=O) groups is 1. The molecule has 0 aromatic heterocycles.